The maximum absolute atomic E-state index is 12.7. The molecule has 4 aliphatic rings. The van der Waals surface area contributed by atoms with E-state index in [0.29, 0.717) is 17.3 Å². The molecule has 2 atom stereocenters. The van der Waals surface area contributed by atoms with Gasteiger partial charge in [0.2, 0.25) is 0 Å². The summed E-state index contributed by atoms with van der Waals surface area (Å²) in [4.78, 5) is 12.7. The molecule has 0 aromatic carbocycles. The van der Waals surface area contributed by atoms with E-state index in [4.69, 9.17) is 4.74 Å². The summed E-state index contributed by atoms with van der Waals surface area (Å²) in [6.07, 6.45) is 8.38. The van der Waals surface area contributed by atoms with Gasteiger partial charge in [-0.2, -0.15) is 0 Å². The molecule has 0 heterocycles. The number of hydrogen-bond donors (Lipinski definition) is 0. The van der Waals surface area contributed by atoms with Gasteiger partial charge >= 0.3 is 5.97 Å². The summed E-state index contributed by atoms with van der Waals surface area (Å²) < 4.78 is 6.33. The fourth-order valence-electron chi connectivity index (χ4n) is 5.72. The minimum absolute atomic E-state index is 0.0319. The van der Waals surface area contributed by atoms with Crippen LogP contribution in [0.1, 0.15) is 79.6 Å². The third-order valence-corrected chi connectivity index (χ3v) is 7.15. The van der Waals surface area contributed by atoms with Crippen LogP contribution in [-0.2, 0) is 9.53 Å². The lowest BCUT2D eigenvalue weighted by atomic mass is 9.44. The molecule has 0 amide bonds. The van der Waals surface area contributed by atoms with Crippen molar-refractivity contribution >= 4 is 5.97 Å². The zero-order valence-corrected chi connectivity index (χ0v) is 14.5. The first kappa shape index (κ1) is 15.4. The molecular weight excluding hydrogens is 260 g/mol. The normalized spacial score (nSPS) is 44.9. The SMILES string of the molecule is CCC(C)(C)C(=O)OC1(CC)C2CC3CC1CC(C)(C3)C2. The van der Waals surface area contributed by atoms with Gasteiger partial charge in [0.1, 0.15) is 5.60 Å². The molecule has 2 heteroatoms. The quantitative estimate of drug-likeness (QED) is 0.684. The van der Waals surface area contributed by atoms with Crippen molar-refractivity contribution in [2.75, 3.05) is 0 Å². The first-order valence-corrected chi connectivity index (χ1v) is 8.98. The van der Waals surface area contributed by atoms with E-state index in [1.165, 1.54) is 32.1 Å². The van der Waals surface area contributed by atoms with Crippen molar-refractivity contribution in [1.82, 2.24) is 0 Å². The lowest BCUT2D eigenvalue weighted by molar-refractivity contribution is -0.230. The van der Waals surface area contributed by atoms with E-state index in [0.717, 1.165) is 18.8 Å². The number of rotatable bonds is 4. The molecule has 0 aromatic rings. The summed E-state index contributed by atoms with van der Waals surface area (Å²) in [6, 6.07) is 0. The molecule has 4 saturated carbocycles. The summed E-state index contributed by atoms with van der Waals surface area (Å²) >= 11 is 0. The van der Waals surface area contributed by atoms with E-state index in [9.17, 15) is 4.79 Å². The Bertz CT molecular complexity index is 421. The van der Waals surface area contributed by atoms with Crippen LogP contribution in [0, 0.1) is 28.6 Å². The number of carbonyl (C=O) groups is 1. The lowest BCUT2D eigenvalue weighted by Gasteiger charge is -2.64. The summed E-state index contributed by atoms with van der Waals surface area (Å²) in [5.41, 5.74) is 0.0303. The van der Waals surface area contributed by atoms with E-state index < -0.39 is 0 Å². The number of carbonyl (C=O) groups excluding carboxylic acids is 1. The van der Waals surface area contributed by atoms with Crippen molar-refractivity contribution in [2.45, 2.75) is 85.2 Å². The molecule has 2 nitrogen and oxygen atoms in total. The van der Waals surface area contributed by atoms with E-state index >= 15 is 0 Å². The third kappa shape index (κ3) is 2.24. The largest absolute Gasteiger partial charge is 0.458 e. The fourth-order valence-corrected chi connectivity index (χ4v) is 5.72. The van der Waals surface area contributed by atoms with E-state index in [2.05, 4.69) is 20.8 Å². The van der Waals surface area contributed by atoms with Gasteiger partial charge in [0, 0.05) is 0 Å². The highest BCUT2D eigenvalue weighted by molar-refractivity contribution is 5.76. The molecule has 2 unspecified atom stereocenters. The highest BCUT2D eigenvalue weighted by Crippen LogP contribution is 2.65. The molecule has 4 aliphatic carbocycles. The second-order valence-corrected chi connectivity index (χ2v) is 9.09. The highest BCUT2D eigenvalue weighted by atomic mass is 16.6. The van der Waals surface area contributed by atoms with Gasteiger partial charge in [0.25, 0.3) is 0 Å². The Morgan fingerprint density at radius 3 is 2.14 bits per heavy atom. The first-order chi connectivity index (χ1) is 9.74. The molecule has 4 bridgehead atoms. The molecule has 0 N–H and O–H groups in total. The second kappa shape index (κ2) is 4.73. The summed E-state index contributed by atoms with van der Waals surface area (Å²) in [7, 11) is 0. The average molecular weight is 292 g/mol. The van der Waals surface area contributed by atoms with Crippen LogP contribution >= 0.6 is 0 Å². The Labute approximate surface area is 130 Å². The molecule has 0 aromatic heterocycles. The maximum atomic E-state index is 12.7. The van der Waals surface area contributed by atoms with Crippen LogP contribution in [0.3, 0.4) is 0 Å². The van der Waals surface area contributed by atoms with Gasteiger partial charge in [-0.25, -0.2) is 0 Å². The van der Waals surface area contributed by atoms with Crippen LogP contribution < -0.4 is 0 Å². The Morgan fingerprint density at radius 2 is 1.71 bits per heavy atom. The smallest absolute Gasteiger partial charge is 0.312 e. The van der Waals surface area contributed by atoms with Gasteiger partial charge in [-0.1, -0.05) is 20.8 Å². The standard InChI is InChI=1S/C19H32O2/c1-6-17(3,4)16(20)21-19(7-2)14-8-13-9-15(19)12-18(5,10-13)11-14/h13-15H,6-12H2,1-5H3. The average Bonchev–Trinajstić information content (AvgIpc) is 2.41. The summed E-state index contributed by atoms with van der Waals surface area (Å²) in [5, 5.41) is 0. The minimum atomic E-state index is -0.346. The molecule has 0 spiro atoms. The molecule has 0 saturated heterocycles. The van der Waals surface area contributed by atoms with Crippen LogP contribution in [0.4, 0.5) is 0 Å². The van der Waals surface area contributed by atoms with Crippen LogP contribution in [-0.4, -0.2) is 11.6 Å². The number of esters is 1. The topological polar surface area (TPSA) is 26.3 Å². The van der Waals surface area contributed by atoms with Gasteiger partial charge in [-0.3, -0.25) is 4.79 Å². The molecular formula is C19H32O2. The summed E-state index contributed by atoms with van der Waals surface area (Å²) in [5.74, 6) is 2.14. The van der Waals surface area contributed by atoms with Gasteiger partial charge < -0.3 is 4.74 Å². The van der Waals surface area contributed by atoms with E-state index in [-0.39, 0.29) is 17.0 Å². The predicted octanol–water partition coefficient (Wildman–Crippen LogP) is 4.96. The van der Waals surface area contributed by atoms with Crippen molar-refractivity contribution in [3.05, 3.63) is 0 Å². The van der Waals surface area contributed by atoms with Crippen molar-refractivity contribution in [2.24, 2.45) is 28.6 Å². The van der Waals surface area contributed by atoms with Crippen LogP contribution in [0.15, 0.2) is 0 Å². The predicted molar refractivity (Wildman–Crippen MR) is 84.8 cm³/mol. The van der Waals surface area contributed by atoms with Crippen molar-refractivity contribution < 1.29 is 9.53 Å². The zero-order chi connectivity index (χ0) is 15.5. The van der Waals surface area contributed by atoms with Crippen molar-refractivity contribution in [1.29, 1.82) is 0 Å². The molecule has 4 fully saturated rings. The molecule has 4 rings (SSSR count). The zero-order valence-electron chi connectivity index (χ0n) is 14.5. The molecule has 120 valence electrons. The van der Waals surface area contributed by atoms with E-state index in [1.807, 2.05) is 13.8 Å². The van der Waals surface area contributed by atoms with Gasteiger partial charge in [0.05, 0.1) is 5.41 Å². The Hall–Kier alpha value is -0.530. The van der Waals surface area contributed by atoms with Gasteiger partial charge in [-0.05, 0) is 82.0 Å². The van der Waals surface area contributed by atoms with Gasteiger partial charge in [-0.15, -0.1) is 0 Å². The van der Waals surface area contributed by atoms with Crippen LogP contribution in [0.5, 0.6) is 0 Å². The first-order valence-electron chi connectivity index (χ1n) is 8.98. The minimum Gasteiger partial charge on any atom is -0.458 e. The fraction of sp³-hybridized carbons (Fsp3) is 0.947. The van der Waals surface area contributed by atoms with Crippen molar-refractivity contribution in [3.8, 4) is 0 Å². The van der Waals surface area contributed by atoms with Gasteiger partial charge in [0.15, 0.2) is 0 Å². The summed E-state index contributed by atoms with van der Waals surface area (Å²) in [6.45, 7) is 10.8. The third-order valence-electron chi connectivity index (χ3n) is 7.15. The molecule has 21 heavy (non-hydrogen) atoms. The number of ether oxygens (including phenoxy) is 1. The lowest BCUT2D eigenvalue weighted by Crippen LogP contribution is -2.62. The van der Waals surface area contributed by atoms with Crippen molar-refractivity contribution in [3.63, 3.8) is 0 Å². The van der Waals surface area contributed by atoms with E-state index in [1.54, 1.807) is 0 Å². The number of hydrogen-bond acceptors (Lipinski definition) is 2. The Morgan fingerprint density at radius 1 is 1.14 bits per heavy atom. The molecule has 0 radical (unpaired) electrons. The Kier molecular flexibility index (Phi) is 3.46. The van der Waals surface area contributed by atoms with Crippen LogP contribution in [0.25, 0.3) is 0 Å². The maximum Gasteiger partial charge on any atom is 0.312 e. The van der Waals surface area contributed by atoms with Crippen LogP contribution in [0.2, 0.25) is 0 Å². The monoisotopic (exact) mass is 292 g/mol. The highest BCUT2D eigenvalue weighted by Gasteiger charge is 2.62. The second-order valence-electron chi connectivity index (χ2n) is 9.09. The molecule has 0 aliphatic heterocycles. The Balaban J connectivity index is 1.86.